The van der Waals surface area contributed by atoms with E-state index >= 15 is 0 Å². The SMILES string of the molecule is O=C(/C=C/c1ccc(S(=O)(=O)N2CCCCCC2)cc1)Nc1cccc(-c2nnco2)c1. The van der Waals surface area contributed by atoms with Crippen LogP contribution in [0.2, 0.25) is 0 Å². The molecule has 3 aromatic rings. The second kappa shape index (κ2) is 9.88. The van der Waals surface area contributed by atoms with E-state index in [9.17, 15) is 13.2 Å². The lowest BCUT2D eigenvalue weighted by molar-refractivity contribution is -0.111. The number of aromatic nitrogens is 2. The fraction of sp³-hybridized carbons (Fsp3) is 0.261. The van der Waals surface area contributed by atoms with Crippen LogP contribution in [0.4, 0.5) is 5.69 Å². The Balaban J connectivity index is 1.39. The van der Waals surface area contributed by atoms with Gasteiger partial charge >= 0.3 is 0 Å². The molecule has 1 aliphatic heterocycles. The first-order valence-corrected chi connectivity index (χ1v) is 11.9. The normalized spacial score (nSPS) is 15.5. The highest BCUT2D eigenvalue weighted by Gasteiger charge is 2.24. The van der Waals surface area contributed by atoms with Crippen molar-refractivity contribution in [1.29, 1.82) is 0 Å². The molecular weight excluding hydrogens is 428 g/mol. The van der Waals surface area contributed by atoms with Gasteiger partial charge in [0.1, 0.15) is 0 Å². The number of rotatable bonds is 6. The number of amides is 1. The summed E-state index contributed by atoms with van der Waals surface area (Å²) in [5.74, 6) is 0.0563. The highest BCUT2D eigenvalue weighted by molar-refractivity contribution is 7.89. The first kappa shape index (κ1) is 21.9. The van der Waals surface area contributed by atoms with Crippen LogP contribution in [0, 0.1) is 0 Å². The van der Waals surface area contributed by atoms with Crippen molar-refractivity contribution in [2.24, 2.45) is 0 Å². The van der Waals surface area contributed by atoms with Crippen molar-refractivity contribution in [2.75, 3.05) is 18.4 Å². The molecular formula is C23H24N4O4S. The van der Waals surface area contributed by atoms with E-state index < -0.39 is 10.0 Å². The molecule has 166 valence electrons. The van der Waals surface area contributed by atoms with Crippen molar-refractivity contribution in [3.05, 3.63) is 66.6 Å². The Labute approximate surface area is 187 Å². The summed E-state index contributed by atoms with van der Waals surface area (Å²) in [6.07, 6.45) is 8.21. The maximum Gasteiger partial charge on any atom is 0.248 e. The van der Waals surface area contributed by atoms with Gasteiger partial charge < -0.3 is 9.73 Å². The molecule has 9 heteroatoms. The summed E-state index contributed by atoms with van der Waals surface area (Å²) < 4.78 is 32.5. The third kappa shape index (κ3) is 5.30. The van der Waals surface area contributed by atoms with Crippen LogP contribution in [-0.4, -0.2) is 41.9 Å². The zero-order valence-corrected chi connectivity index (χ0v) is 18.3. The Hall–Kier alpha value is -3.30. The van der Waals surface area contributed by atoms with Crippen LogP contribution >= 0.6 is 0 Å². The van der Waals surface area contributed by atoms with Gasteiger partial charge in [-0.25, -0.2) is 8.42 Å². The zero-order chi connectivity index (χ0) is 22.4. The monoisotopic (exact) mass is 452 g/mol. The molecule has 0 aliphatic carbocycles. The van der Waals surface area contributed by atoms with Gasteiger partial charge in [0.25, 0.3) is 0 Å². The summed E-state index contributed by atoms with van der Waals surface area (Å²) in [7, 11) is -3.48. The fourth-order valence-electron chi connectivity index (χ4n) is 3.57. The molecule has 0 atom stereocenters. The van der Waals surface area contributed by atoms with Crippen molar-refractivity contribution in [3.8, 4) is 11.5 Å². The van der Waals surface area contributed by atoms with Gasteiger partial charge in [-0.3, -0.25) is 4.79 Å². The molecule has 1 saturated heterocycles. The zero-order valence-electron chi connectivity index (χ0n) is 17.5. The Morgan fingerprint density at radius 1 is 1.03 bits per heavy atom. The van der Waals surface area contributed by atoms with Crippen LogP contribution in [0.15, 0.2) is 70.3 Å². The summed E-state index contributed by atoms with van der Waals surface area (Å²) in [6, 6.07) is 13.7. The van der Waals surface area contributed by atoms with Crippen molar-refractivity contribution >= 4 is 27.7 Å². The average Bonchev–Trinajstić information content (AvgIpc) is 3.20. The molecule has 1 aromatic heterocycles. The molecule has 0 radical (unpaired) electrons. The molecule has 8 nitrogen and oxygen atoms in total. The summed E-state index contributed by atoms with van der Waals surface area (Å²) in [5.41, 5.74) is 2.02. The van der Waals surface area contributed by atoms with Gasteiger partial charge in [-0.2, -0.15) is 4.31 Å². The summed E-state index contributed by atoms with van der Waals surface area (Å²) >= 11 is 0. The standard InChI is InChI=1S/C23H24N4O4S/c28-22(25-20-7-5-6-19(16-20)23-26-24-17-31-23)13-10-18-8-11-21(12-9-18)32(29,30)27-14-3-1-2-4-15-27/h5-13,16-17H,1-4,14-15H2,(H,25,28)/b13-10+. The van der Waals surface area contributed by atoms with Crippen molar-refractivity contribution in [3.63, 3.8) is 0 Å². The van der Waals surface area contributed by atoms with Gasteiger partial charge in [-0.1, -0.05) is 31.0 Å². The molecule has 0 unspecified atom stereocenters. The molecule has 4 rings (SSSR count). The van der Waals surface area contributed by atoms with E-state index in [4.69, 9.17) is 4.42 Å². The minimum Gasteiger partial charge on any atom is -0.423 e. The lowest BCUT2D eigenvalue weighted by Gasteiger charge is -2.19. The number of carbonyl (C=O) groups is 1. The third-order valence-electron chi connectivity index (χ3n) is 5.25. The largest absolute Gasteiger partial charge is 0.423 e. The van der Waals surface area contributed by atoms with Crippen LogP contribution in [-0.2, 0) is 14.8 Å². The third-order valence-corrected chi connectivity index (χ3v) is 7.16. The topological polar surface area (TPSA) is 105 Å². The van der Waals surface area contributed by atoms with Gasteiger partial charge in [0.15, 0.2) is 0 Å². The first-order chi connectivity index (χ1) is 15.5. The number of benzene rings is 2. The number of nitrogens with one attached hydrogen (secondary N) is 1. The molecule has 1 N–H and O–H groups in total. The molecule has 1 amide bonds. The van der Waals surface area contributed by atoms with E-state index in [1.165, 1.54) is 12.5 Å². The van der Waals surface area contributed by atoms with Gasteiger partial charge in [0.05, 0.1) is 4.90 Å². The van der Waals surface area contributed by atoms with Gasteiger partial charge in [0.2, 0.25) is 28.2 Å². The minimum absolute atomic E-state index is 0.277. The highest BCUT2D eigenvalue weighted by Crippen LogP contribution is 2.22. The summed E-state index contributed by atoms with van der Waals surface area (Å²) in [5, 5.41) is 10.3. The predicted octanol–water partition coefficient (Wildman–Crippen LogP) is 3.95. The van der Waals surface area contributed by atoms with Crippen LogP contribution in [0.1, 0.15) is 31.2 Å². The van der Waals surface area contributed by atoms with E-state index in [1.54, 1.807) is 58.9 Å². The molecule has 1 fully saturated rings. The van der Waals surface area contributed by atoms with E-state index in [0.29, 0.717) is 30.2 Å². The Kier molecular flexibility index (Phi) is 6.77. The summed E-state index contributed by atoms with van der Waals surface area (Å²) in [4.78, 5) is 12.6. The molecule has 2 aromatic carbocycles. The van der Waals surface area contributed by atoms with E-state index in [0.717, 1.165) is 31.2 Å². The number of hydrogen-bond donors (Lipinski definition) is 1. The maximum atomic E-state index is 12.9. The quantitative estimate of drug-likeness (QED) is 0.568. The second-order valence-corrected chi connectivity index (χ2v) is 9.47. The molecule has 0 bridgehead atoms. The van der Waals surface area contributed by atoms with Gasteiger partial charge in [-0.05, 0) is 54.8 Å². The first-order valence-electron chi connectivity index (χ1n) is 10.5. The number of anilines is 1. The number of hydrogen-bond acceptors (Lipinski definition) is 6. The smallest absolute Gasteiger partial charge is 0.248 e. The lowest BCUT2D eigenvalue weighted by Crippen LogP contribution is -2.31. The van der Waals surface area contributed by atoms with E-state index in [2.05, 4.69) is 15.5 Å². The van der Waals surface area contributed by atoms with Gasteiger partial charge in [-0.15, -0.1) is 10.2 Å². The van der Waals surface area contributed by atoms with Crippen molar-refractivity contribution in [2.45, 2.75) is 30.6 Å². The number of carbonyl (C=O) groups excluding carboxylic acids is 1. The van der Waals surface area contributed by atoms with Crippen LogP contribution in [0.25, 0.3) is 17.5 Å². The second-order valence-electron chi connectivity index (χ2n) is 7.53. The number of sulfonamides is 1. The Bertz CT molecular complexity index is 1180. The minimum atomic E-state index is -3.48. The molecule has 0 spiro atoms. The molecule has 0 saturated carbocycles. The number of nitrogens with zero attached hydrogens (tertiary/aromatic N) is 3. The van der Waals surface area contributed by atoms with E-state index in [-0.39, 0.29) is 10.8 Å². The van der Waals surface area contributed by atoms with Crippen molar-refractivity contribution < 1.29 is 17.6 Å². The fourth-order valence-corrected chi connectivity index (χ4v) is 5.08. The van der Waals surface area contributed by atoms with Crippen LogP contribution in [0.3, 0.4) is 0 Å². The Morgan fingerprint density at radius 3 is 2.47 bits per heavy atom. The maximum absolute atomic E-state index is 12.9. The molecule has 2 heterocycles. The Morgan fingerprint density at radius 2 is 1.78 bits per heavy atom. The molecule has 32 heavy (non-hydrogen) atoms. The van der Waals surface area contributed by atoms with E-state index in [1.807, 2.05) is 0 Å². The average molecular weight is 453 g/mol. The van der Waals surface area contributed by atoms with Gasteiger partial charge in [0, 0.05) is 30.4 Å². The van der Waals surface area contributed by atoms with Crippen molar-refractivity contribution in [1.82, 2.24) is 14.5 Å². The summed E-state index contributed by atoms with van der Waals surface area (Å²) in [6.45, 7) is 1.13. The highest BCUT2D eigenvalue weighted by atomic mass is 32.2. The van der Waals surface area contributed by atoms with Crippen LogP contribution in [0.5, 0.6) is 0 Å². The lowest BCUT2D eigenvalue weighted by atomic mass is 10.2. The van der Waals surface area contributed by atoms with Crippen LogP contribution < -0.4 is 5.32 Å². The predicted molar refractivity (Wildman–Crippen MR) is 121 cm³/mol. The molecule has 1 aliphatic rings.